The summed E-state index contributed by atoms with van der Waals surface area (Å²) < 4.78 is 4.96. The Kier molecular flexibility index (Phi) is 7.69. The highest BCUT2D eigenvalue weighted by Crippen LogP contribution is 2.09. The molecular weight excluding hydrogens is 260 g/mol. The van der Waals surface area contributed by atoms with Gasteiger partial charge in [-0.15, -0.1) is 0 Å². The van der Waals surface area contributed by atoms with E-state index in [0.717, 1.165) is 38.8 Å². The maximum atomic E-state index is 11.9. The number of nitrogens with one attached hydrogen (secondary N) is 1. The first-order valence-electron chi connectivity index (χ1n) is 7.27. The van der Waals surface area contributed by atoms with E-state index in [9.17, 15) is 14.4 Å². The summed E-state index contributed by atoms with van der Waals surface area (Å²) in [7, 11) is 0. The Balaban J connectivity index is 2.13. The SMILES string of the molecule is CC(=O)NCCCC(=O)OCC(=O)N1CCCCCC1. The van der Waals surface area contributed by atoms with Crippen LogP contribution in [0, 0.1) is 0 Å². The topological polar surface area (TPSA) is 75.7 Å². The minimum atomic E-state index is -0.390. The van der Waals surface area contributed by atoms with Crippen molar-refractivity contribution in [3.05, 3.63) is 0 Å². The van der Waals surface area contributed by atoms with E-state index < -0.39 is 5.97 Å². The minimum Gasteiger partial charge on any atom is -0.456 e. The van der Waals surface area contributed by atoms with Crippen LogP contribution in [-0.4, -0.2) is 48.9 Å². The van der Waals surface area contributed by atoms with Gasteiger partial charge >= 0.3 is 5.97 Å². The number of ether oxygens (including phenoxy) is 1. The molecule has 1 heterocycles. The van der Waals surface area contributed by atoms with E-state index in [0.29, 0.717) is 13.0 Å². The second-order valence-corrected chi connectivity index (χ2v) is 5.04. The van der Waals surface area contributed by atoms with E-state index in [4.69, 9.17) is 4.74 Å². The summed E-state index contributed by atoms with van der Waals surface area (Å²) in [6, 6.07) is 0. The Hall–Kier alpha value is -1.59. The van der Waals surface area contributed by atoms with Crippen LogP contribution in [0.4, 0.5) is 0 Å². The number of nitrogens with zero attached hydrogens (tertiary/aromatic N) is 1. The van der Waals surface area contributed by atoms with E-state index in [2.05, 4.69) is 5.32 Å². The summed E-state index contributed by atoms with van der Waals surface area (Å²) >= 11 is 0. The molecule has 0 bridgehead atoms. The van der Waals surface area contributed by atoms with Crippen LogP contribution in [0.1, 0.15) is 45.4 Å². The van der Waals surface area contributed by atoms with Crippen molar-refractivity contribution in [2.45, 2.75) is 45.4 Å². The number of esters is 1. The molecule has 0 radical (unpaired) electrons. The molecule has 0 saturated carbocycles. The Bertz CT molecular complexity index is 336. The molecule has 1 saturated heterocycles. The standard InChI is InChI=1S/C14H24N2O4/c1-12(17)15-8-6-7-14(19)20-11-13(18)16-9-4-2-3-5-10-16/h2-11H2,1H3,(H,15,17). The van der Waals surface area contributed by atoms with Gasteiger partial charge in [0.1, 0.15) is 0 Å². The van der Waals surface area contributed by atoms with Crippen LogP contribution in [0.25, 0.3) is 0 Å². The van der Waals surface area contributed by atoms with Gasteiger partial charge in [0.05, 0.1) is 0 Å². The minimum absolute atomic E-state index is 0.109. The third-order valence-corrected chi connectivity index (χ3v) is 3.25. The zero-order chi connectivity index (χ0) is 14.8. The van der Waals surface area contributed by atoms with Crippen LogP contribution >= 0.6 is 0 Å². The molecule has 114 valence electrons. The number of likely N-dealkylation sites (tertiary alicyclic amines) is 1. The molecule has 1 aliphatic heterocycles. The summed E-state index contributed by atoms with van der Waals surface area (Å²) in [6.07, 6.45) is 5.11. The molecule has 0 spiro atoms. The van der Waals surface area contributed by atoms with Gasteiger partial charge in [-0.2, -0.15) is 0 Å². The number of carbonyl (C=O) groups excluding carboxylic acids is 3. The molecule has 6 heteroatoms. The lowest BCUT2D eigenvalue weighted by Crippen LogP contribution is -2.35. The van der Waals surface area contributed by atoms with Crippen LogP contribution < -0.4 is 5.32 Å². The van der Waals surface area contributed by atoms with Crippen molar-refractivity contribution in [3.63, 3.8) is 0 Å². The summed E-state index contributed by atoms with van der Waals surface area (Å²) in [5.41, 5.74) is 0. The van der Waals surface area contributed by atoms with E-state index in [1.54, 1.807) is 4.90 Å². The lowest BCUT2D eigenvalue weighted by Gasteiger charge is -2.19. The molecule has 2 amide bonds. The Morgan fingerprint density at radius 2 is 1.75 bits per heavy atom. The summed E-state index contributed by atoms with van der Waals surface area (Å²) in [5.74, 6) is -0.615. The van der Waals surface area contributed by atoms with Gasteiger partial charge in [-0.3, -0.25) is 14.4 Å². The highest BCUT2D eigenvalue weighted by molar-refractivity contribution is 5.80. The van der Waals surface area contributed by atoms with E-state index in [1.807, 2.05) is 0 Å². The molecule has 0 aliphatic carbocycles. The van der Waals surface area contributed by atoms with E-state index in [-0.39, 0.29) is 24.8 Å². The highest BCUT2D eigenvalue weighted by Gasteiger charge is 2.16. The van der Waals surface area contributed by atoms with Crippen molar-refractivity contribution in [1.29, 1.82) is 0 Å². The second-order valence-electron chi connectivity index (χ2n) is 5.04. The largest absolute Gasteiger partial charge is 0.456 e. The molecule has 0 aromatic heterocycles. The number of rotatable bonds is 6. The molecule has 6 nitrogen and oxygen atoms in total. The van der Waals surface area contributed by atoms with E-state index >= 15 is 0 Å². The van der Waals surface area contributed by atoms with Crippen molar-refractivity contribution < 1.29 is 19.1 Å². The van der Waals surface area contributed by atoms with Crippen LogP contribution in [0.15, 0.2) is 0 Å². The second kappa shape index (κ2) is 9.34. The molecule has 1 rings (SSSR count). The molecule has 0 unspecified atom stereocenters. The predicted octanol–water partition coefficient (Wildman–Crippen LogP) is 0.849. The summed E-state index contributed by atoms with van der Waals surface area (Å²) in [5, 5.41) is 2.60. The van der Waals surface area contributed by atoms with Crippen molar-refractivity contribution in [3.8, 4) is 0 Å². The third-order valence-electron chi connectivity index (χ3n) is 3.25. The fourth-order valence-corrected chi connectivity index (χ4v) is 2.12. The average molecular weight is 284 g/mol. The fourth-order valence-electron chi connectivity index (χ4n) is 2.12. The molecule has 20 heavy (non-hydrogen) atoms. The van der Waals surface area contributed by atoms with Crippen molar-refractivity contribution in [2.75, 3.05) is 26.2 Å². The lowest BCUT2D eigenvalue weighted by molar-refractivity contribution is -0.152. The van der Waals surface area contributed by atoms with Gasteiger partial charge in [-0.05, 0) is 19.3 Å². The van der Waals surface area contributed by atoms with Gasteiger partial charge in [-0.25, -0.2) is 0 Å². The zero-order valence-corrected chi connectivity index (χ0v) is 12.2. The maximum absolute atomic E-state index is 11.9. The van der Waals surface area contributed by atoms with Crippen LogP contribution in [-0.2, 0) is 19.1 Å². The lowest BCUT2D eigenvalue weighted by atomic mass is 10.2. The van der Waals surface area contributed by atoms with E-state index in [1.165, 1.54) is 6.92 Å². The predicted molar refractivity (Wildman–Crippen MR) is 73.9 cm³/mol. The smallest absolute Gasteiger partial charge is 0.306 e. The van der Waals surface area contributed by atoms with Gasteiger partial charge in [0.15, 0.2) is 6.61 Å². The molecule has 1 aliphatic rings. The van der Waals surface area contributed by atoms with Crippen LogP contribution in [0.3, 0.4) is 0 Å². The fraction of sp³-hybridized carbons (Fsp3) is 0.786. The Morgan fingerprint density at radius 1 is 1.10 bits per heavy atom. The molecule has 0 atom stereocenters. The monoisotopic (exact) mass is 284 g/mol. The highest BCUT2D eigenvalue weighted by atomic mass is 16.5. The third kappa shape index (κ3) is 7.11. The van der Waals surface area contributed by atoms with Gasteiger partial charge in [-0.1, -0.05) is 12.8 Å². The normalized spacial score (nSPS) is 15.3. The Labute approximate surface area is 119 Å². The number of hydrogen-bond acceptors (Lipinski definition) is 4. The van der Waals surface area contributed by atoms with Gasteiger partial charge in [0.2, 0.25) is 5.91 Å². The van der Waals surface area contributed by atoms with Crippen molar-refractivity contribution in [1.82, 2.24) is 10.2 Å². The molecule has 1 N–H and O–H groups in total. The first-order chi connectivity index (χ1) is 9.59. The first-order valence-corrected chi connectivity index (χ1v) is 7.27. The quantitative estimate of drug-likeness (QED) is 0.579. The Morgan fingerprint density at radius 3 is 2.35 bits per heavy atom. The van der Waals surface area contributed by atoms with Gasteiger partial charge in [0.25, 0.3) is 5.91 Å². The number of hydrogen-bond donors (Lipinski definition) is 1. The summed E-state index contributed by atoms with van der Waals surface area (Å²) in [6.45, 7) is 3.24. The van der Waals surface area contributed by atoms with Crippen LogP contribution in [0.5, 0.6) is 0 Å². The number of carbonyl (C=O) groups is 3. The molecule has 1 fully saturated rings. The van der Waals surface area contributed by atoms with Gasteiger partial charge in [0, 0.05) is 33.0 Å². The summed E-state index contributed by atoms with van der Waals surface area (Å²) in [4.78, 5) is 35.7. The zero-order valence-electron chi connectivity index (χ0n) is 12.2. The van der Waals surface area contributed by atoms with Crippen molar-refractivity contribution in [2.24, 2.45) is 0 Å². The van der Waals surface area contributed by atoms with Crippen molar-refractivity contribution >= 4 is 17.8 Å². The number of amides is 2. The van der Waals surface area contributed by atoms with Crippen LogP contribution in [0.2, 0.25) is 0 Å². The molecule has 0 aromatic rings. The van der Waals surface area contributed by atoms with Gasteiger partial charge < -0.3 is 15.0 Å². The molecular formula is C14H24N2O4. The average Bonchev–Trinajstić information content (AvgIpc) is 2.69. The first kappa shape index (κ1) is 16.5. The maximum Gasteiger partial charge on any atom is 0.306 e. The molecule has 0 aromatic carbocycles.